The van der Waals surface area contributed by atoms with Crippen LogP contribution in [0.2, 0.25) is 0 Å². The highest BCUT2D eigenvalue weighted by Gasteiger charge is 2.01. The van der Waals surface area contributed by atoms with Crippen molar-refractivity contribution in [3.63, 3.8) is 0 Å². The van der Waals surface area contributed by atoms with Crippen LogP contribution >= 0.6 is 0 Å². The zero-order chi connectivity index (χ0) is 11.5. The van der Waals surface area contributed by atoms with Crippen molar-refractivity contribution in [2.45, 2.75) is 90.4 Å². The van der Waals surface area contributed by atoms with Gasteiger partial charge in [0.2, 0.25) is 0 Å². The predicted molar refractivity (Wildman–Crippen MR) is 73.8 cm³/mol. The number of hydrogen-bond donors (Lipinski definition) is 0. The molecule has 0 N–H and O–H groups in total. The van der Waals surface area contributed by atoms with Crippen LogP contribution < -0.4 is 0 Å². The Labute approximate surface area is 103 Å². The Morgan fingerprint density at radius 2 is 1.62 bits per heavy atom. The minimum Gasteiger partial charge on any atom is -0.0853 e. The molecular formula is C16H30. The third kappa shape index (κ3) is 7.09. The zero-order valence-corrected chi connectivity index (χ0v) is 11.3. The minimum absolute atomic E-state index is 1.35. The molecule has 0 spiro atoms. The van der Waals surface area contributed by atoms with E-state index in [-0.39, 0.29) is 0 Å². The van der Waals surface area contributed by atoms with Crippen molar-refractivity contribution in [2.75, 3.05) is 0 Å². The fourth-order valence-electron chi connectivity index (χ4n) is 2.62. The summed E-state index contributed by atoms with van der Waals surface area (Å²) in [5, 5.41) is 0. The molecule has 0 unspecified atom stereocenters. The third-order valence-electron chi connectivity index (χ3n) is 3.74. The molecule has 0 atom stereocenters. The van der Waals surface area contributed by atoms with Gasteiger partial charge in [0.25, 0.3) is 0 Å². The molecule has 1 rings (SSSR count). The van der Waals surface area contributed by atoms with Gasteiger partial charge in [-0.2, -0.15) is 0 Å². The molecule has 0 heteroatoms. The van der Waals surface area contributed by atoms with E-state index in [9.17, 15) is 0 Å². The summed E-state index contributed by atoms with van der Waals surface area (Å²) in [5.74, 6) is 0. The lowest BCUT2D eigenvalue weighted by Crippen LogP contribution is -1.91. The minimum atomic E-state index is 1.35. The van der Waals surface area contributed by atoms with Crippen molar-refractivity contribution in [3.8, 4) is 0 Å². The van der Waals surface area contributed by atoms with E-state index in [4.69, 9.17) is 0 Å². The van der Waals surface area contributed by atoms with Gasteiger partial charge in [0.05, 0.1) is 0 Å². The van der Waals surface area contributed by atoms with E-state index in [1.54, 1.807) is 5.57 Å². The van der Waals surface area contributed by atoms with E-state index in [2.05, 4.69) is 13.0 Å². The molecule has 0 aromatic rings. The summed E-state index contributed by atoms with van der Waals surface area (Å²) in [6.07, 6.45) is 21.1. The van der Waals surface area contributed by atoms with Crippen LogP contribution in [0.4, 0.5) is 0 Å². The second-order valence-electron chi connectivity index (χ2n) is 5.33. The maximum Gasteiger partial charge on any atom is -0.0320 e. The van der Waals surface area contributed by atoms with E-state index >= 15 is 0 Å². The Morgan fingerprint density at radius 1 is 0.875 bits per heavy atom. The van der Waals surface area contributed by atoms with Crippen LogP contribution in [0, 0.1) is 0 Å². The molecule has 1 aliphatic rings. The van der Waals surface area contributed by atoms with Crippen LogP contribution in [-0.4, -0.2) is 0 Å². The third-order valence-corrected chi connectivity index (χ3v) is 3.74. The van der Waals surface area contributed by atoms with Crippen molar-refractivity contribution in [1.29, 1.82) is 0 Å². The standard InChI is InChI=1S/C16H30/c1-2-3-4-5-7-10-13-16-14-11-8-6-9-12-15-16/h14H,2-13,15H2,1H3. The van der Waals surface area contributed by atoms with Gasteiger partial charge in [-0.3, -0.25) is 0 Å². The fraction of sp³-hybridized carbons (Fsp3) is 0.875. The summed E-state index contributed by atoms with van der Waals surface area (Å²) in [5.41, 5.74) is 1.77. The SMILES string of the molecule is CCCCCCCCC1=CCCCCCC1. The van der Waals surface area contributed by atoms with Crippen LogP contribution in [0.25, 0.3) is 0 Å². The first-order valence-electron chi connectivity index (χ1n) is 7.61. The second kappa shape index (κ2) is 9.93. The first-order chi connectivity index (χ1) is 7.93. The molecule has 0 bridgehead atoms. The maximum atomic E-state index is 2.55. The Bertz CT molecular complexity index is 178. The Hall–Kier alpha value is -0.260. The fourth-order valence-corrected chi connectivity index (χ4v) is 2.62. The van der Waals surface area contributed by atoms with Gasteiger partial charge in [-0.05, 0) is 38.5 Å². The van der Waals surface area contributed by atoms with E-state index in [0.717, 1.165) is 0 Å². The predicted octanol–water partition coefficient (Wildman–Crippen LogP) is 6.02. The largest absolute Gasteiger partial charge is 0.0853 e. The summed E-state index contributed by atoms with van der Waals surface area (Å²) < 4.78 is 0. The van der Waals surface area contributed by atoms with Gasteiger partial charge in [0.1, 0.15) is 0 Å². The molecule has 94 valence electrons. The molecule has 0 aromatic carbocycles. The number of unbranched alkanes of at least 4 members (excludes halogenated alkanes) is 5. The van der Waals surface area contributed by atoms with Crippen LogP contribution in [0.3, 0.4) is 0 Å². The molecule has 0 radical (unpaired) electrons. The number of hydrogen-bond acceptors (Lipinski definition) is 0. The Morgan fingerprint density at radius 3 is 2.50 bits per heavy atom. The summed E-state index contributed by atoms with van der Waals surface area (Å²) in [6.45, 7) is 2.29. The monoisotopic (exact) mass is 222 g/mol. The van der Waals surface area contributed by atoms with E-state index in [1.165, 1.54) is 83.5 Å². The van der Waals surface area contributed by atoms with Gasteiger partial charge in [0.15, 0.2) is 0 Å². The molecule has 1 aliphatic carbocycles. The van der Waals surface area contributed by atoms with Gasteiger partial charge in [0, 0.05) is 0 Å². The number of allylic oxidation sites excluding steroid dienone is 2. The van der Waals surface area contributed by atoms with Crippen molar-refractivity contribution >= 4 is 0 Å². The van der Waals surface area contributed by atoms with Gasteiger partial charge in [-0.1, -0.05) is 63.5 Å². The first-order valence-corrected chi connectivity index (χ1v) is 7.61. The van der Waals surface area contributed by atoms with Crippen LogP contribution in [0.15, 0.2) is 11.6 Å². The summed E-state index contributed by atoms with van der Waals surface area (Å²) in [7, 11) is 0. The molecule has 0 saturated carbocycles. The second-order valence-corrected chi connectivity index (χ2v) is 5.33. The smallest absolute Gasteiger partial charge is 0.0320 e. The lowest BCUT2D eigenvalue weighted by molar-refractivity contribution is 0.581. The highest BCUT2D eigenvalue weighted by atomic mass is 14.1. The Balaban J connectivity index is 2.01. The van der Waals surface area contributed by atoms with E-state index in [1.807, 2.05) is 0 Å². The molecule has 0 nitrogen and oxygen atoms in total. The van der Waals surface area contributed by atoms with Crippen molar-refractivity contribution in [1.82, 2.24) is 0 Å². The normalized spacial score (nSPS) is 17.7. The lowest BCUT2D eigenvalue weighted by Gasteiger charge is -2.11. The van der Waals surface area contributed by atoms with E-state index < -0.39 is 0 Å². The van der Waals surface area contributed by atoms with Gasteiger partial charge >= 0.3 is 0 Å². The molecule has 0 saturated heterocycles. The van der Waals surface area contributed by atoms with Crippen molar-refractivity contribution in [3.05, 3.63) is 11.6 Å². The highest BCUT2D eigenvalue weighted by molar-refractivity contribution is 5.02. The Kier molecular flexibility index (Phi) is 8.57. The topological polar surface area (TPSA) is 0 Å². The van der Waals surface area contributed by atoms with Crippen LogP contribution in [-0.2, 0) is 0 Å². The molecule has 0 fully saturated rings. The molecule has 16 heavy (non-hydrogen) atoms. The first kappa shape index (κ1) is 13.8. The van der Waals surface area contributed by atoms with Crippen molar-refractivity contribution in [2.24, 2.45) is 0 Å². The molecule has 0 heterocycles. The highest BCUT2D eigenvalue weighted by Crippen LogP contribution is 2.21. The van der Waals surface area contributed by atoms with Gasteiger partial charge in [-0.15, -0.1) is 0 Å². The summed E-state index contributed by atoms with van der Waals surface area (Å²) in [6, 6.07) is 0. The number of rotatable bonds is 7. The molecule has 0 aromatic heterocycles. The molecule has 0 amide bonds. The zero-order valence-electron chi connectivity index (χ0n) is 11.3. The van der Waals surface area contributed by atoms with E-state index in [0.29, 0.717) is 0 Å². The van der Waals surface area contributed by atoms with Crippen LogP contribution in [0.1, 0.15) is 90.4 Å². The lowest BCUT2D eigenvalue weighted by atomic mass is 9.96. The quantitative estimate of drug-likeness (QED) is 0.365. The molecule has 0 aliphatic heterocycles. The maximum absolute atomic E-state index is 2.55. The van der Waals surface area contributed by atoms with Crippen molar-refractivity contribution < 1.29 is 0 Å². The van der Waals surface area contributed by atoms with Gasteiger partial charge < -0.3 is 0 Å². The van der Waals surface area contributed by atoms with Gasteiger partial charge in [-0.25, -0.2) is 0 Å². The summed E-state index contributed by atoms with van der Waals surface area (Å²) >= 11 is 0. The average Bonchev–Trinajstić information content (AvgIpc) is 2.25. The summed E-state index contributed by atoms with van der Waals surface area (Å²) in [4.78, 5) is 0. The average molecular weight is 222 g/mol. The molecular weight excluding hydrogens is 192 g/mol. The van der Waals surface area contributed by atoms with Crippen LogP contribution in [0.5, 0.6) is 0 Å².